The van der Waals surface area contributed by atoms with E-state index in [1.165, 1.54) is 17.7 Å². The van der Waals surface area contributed by atoms with E-state index in [0.717, 1.165) is 62.5 Å². The van der Waals surface area contributed by atoms with Crippen molar-refractivity contribution in [3.8, 4) is 10.4 Å². The number of ether oxygens (including phenoxy) is 2. The van der Waals surface area contributed by atoms with Crippen molar-refractivity contribution < 1.29 is 38.6 Å². The molecule has 1 unspecified atom stereocenters. The quantitative estimate of drug-likeness (QED) is 0.0474. The molecule has 6 aromatic rings. The van der Waals surface area contributed by atoms with Gasteiger partial charge in [-0.05, 0) is 86.2 Å². The lowest BCUT2D eigenvalue weighted by atomic mass is 9.85. The van der Waals surface area contributed by atoms with Crippen molar-refractivity contribution in [3.05, 3.63) is 95.0 Å². The fraction of sp³-hybridized carbons (Fsp3) is 0.472. The van der Waals surface area contributed by atoms with Crippen LogP contribution in [0.15, 0.2) is 72.4 Å². The van der Waals surface area contributed by atoms with Crippen molar-refractivity contribution in [2.75, 3.05) is 51.4 Å². The first-order valence-electron chi connectivity index (χ1n) is 25.1. The number of rotatable bonds is 22. The zero-order valence-electron chi connectivity index (χ0n) is 42.2. The first-order chi connectivity index (χ1) is 35.1. The molecule has 5 heterocycles. The van der Waals surface area contributed by atoms with Crippen LogP contribution in [0.4, 0.5) is 5.69 Å². The van der Waals surface area contributed by atoms with Crippen LogP contribution in [0.3, 0.4) is 0 Å². The van der Waals surface area contributed by atoms with Crippen LogP contribution in [0, 0.1) is 12.3 Å². The minimum absolute atomic E-state index is 0.0122. The van der Waals surface area contributed by atoms with Gasteiger partial charge in [-0.2, -0.15) is 5.10 Å². The maximum absolute atomic E-state index is 14.0. The van der Waals surface area contributed by atoms with Gasteiger partial charge in [-0.15, -0.1) is 11.3 Å². The lowest BCUT2D eigenvalue weighted by molar-refractivity contribution is -0.144. The number of aromatic nitrogens is 5. The van der Waals surface area contributed by atoms with Gasteiger partial charge in [0, 0.05) is 61.6 Å². The number of hydrogen-bond donors (Lipinski definition) is 6. The van der Waals surface area contributed by atoms with E-state index in [4.69, 9.17) is 14.5 Å². The van der Waals surface area contributed by atoms with E-state index in [9.17, 15) is 29.1 Å². The Bertz CT molecular complexity index is 2890. The average Bonchev–Trinajstić information content (AvgIpc) is 4.23. The number of thiazole rings is 1. The van der Waals surface area contributed by atoms with Crippen molar-refractivity contribution in [2.45, 2.75) is 111 Å². The summed E-state index contributed by atoms with van der Waals surface area (Å²) in [5.74, 6) is -0.710. The number of benzene rings is 3. The van der Waals surface area contributed by atoms with E-state index in [1.54, 1.807) is 34.3 Å². The molecule has 6 N–H and O–H groups in total. The second-order valence-corrected chi connectivity index (χ2v) is 20.8. The van der Waals surface area contributed by atoms with Gasteiger partial charge in [0.2, 0.25) is 23.6 Å². The number of aromatic amines is 1. The Labute approximate surface area is 428 Å². The molecule has 0 saturated carbocycles. The molecule has 2 aliphatic heterocycles. The van der Waals surface area contributed by atoms with Gasteiger partial charge in [0.1, 0.15) is 17.9 Å². The molecule has 8 rings (SSSR count). The molecule has 2 fully saturated rings. The van der Waals surface area contributed by atoms with E-state index < -0.39 is 35.4 Å². The van der Waals surface area contributed by atoms with Crippen molar-refractivity contribution in [2.24, 2.45) is 5.41 Å². The minimum atomic E-state index is -0.955. The molecule has 0 spiro atoms. The van der Waals surface area contributed by atoms with Crippen LogP contribution in [0.2, 0.25) is 0 Å². The number of imidazole rings is 1. The van der Waals surface area contributed by atoms with E-state index in [2.05, 4.69) is 48.2 Å². The zero-order valence-corrected chi connectivity index (χ0v) is 43.1. The second kappa shape index (κ2) is 24.0. The Morgan fingerprint density at radius 3 is 2.42 bits per heavy atom. The number of hydrogen-bond acceptors (Lipinski definition) is 13. The van der Waals surface area contributed by atoms with Crippen LogP contribution in [-0.4, -0.2) is 139 Å². The Hall–Kier alpha value is -6.58. The van der Waals surface area contributed by atoms with Gasteiger partial charge in [0.05, 0.1) is 84.4 Å². The molecular formula is C53H67N11O8S. The molecule has 0 bridgehead atoms. The zero-order chi connectivity index (χ0) is 51.6. The number of nitrogens with zero attached hydrogens (tertiary/aromatic N) is 6. The van der Waals surface area contributed by atoms with Crippen molar-refractivity contribution >= 4 is 68.5 Å². The Morgan fingerprint density at radius 2 is 1.71 bits per heavy atom. The fourth-order valence-corrected chi connectivity index (χ4v) is 10.1. The number of carbonyl (C=O) groups is 5. The molecule has 2 aliphatic rings. The number of aliphatic hydroxyl groups is 1. The standard InChI is InChI=1S/C53H67N11O8S/c1-33-7-6-19-62(33)31-45-59-41-14-13-39(26-42(41)60-45)58-50(68)37-12-15-43-38(25-37)29-57-64(43)20-18-54-46(66)16-21-71-23-24-72-22-17-47(67)61-49(53(3,4)5)52(70)63-30-40(65)27-44(63)51(69)55-28-35-8-10-36(11-9-35)48-34(2)56-32-73-48/h8-15,25-26,29,32-33,40,44,49,65H,6-7,16-24,27-28,30-31H2,1-5H3,(H,54,66)(H,55,69)(H,58,68)(H,59,60)(H,61,67)/t33-,40+,44-,49?/m0/s1. The predicted octanol–water partition coefficient (Wildman–Crippen LogP) is 5.32. The number of aryl methyl sites for hydroxylation is 1. The second-order valence-electron chi connectivity index (χ2n) is 20.0. The predicted molar refractivity (Wildman–Crippen MR) is 278 cm³/mol. The van der Waals surface area contributed by atoms with Gasteiger partial charge in [-0.25, -0.2) is 9.97 Å². The van der Waals surface area contributed by atoms with Crippen molar-refractivity contribution in [3.63, 3.8) is 0 Å². The molecular weight excluding hydrogens is 951 g/mol. The molecule has 19 nitrogen and oxygen atoms in total. The molecule has 5 amide bonds. The topological polar surface area (TPSA) is 238 Å². The van der Waals surface area contributed by atoms with Crippen LogP contribution in [-0.2, 0) is 48.3 Å². The largest absolute Gasteiger partial charge is 0.391 e. The Kier molecular flexibility index (Phi) is 17.3. The van der Waals surface area contributed by atoms with E-state index in [0.29, 0.717) is 30.4 Å². The summed E-state index contributed by atoms with van der Waals surface area (Å²) < 4.78 is 13.0. The molecule has 3 aromatic carbocycles. The normalized spacial score (nSPS) is 17.6. The number of H-pyrrole nitrogens is 1. The van der Waals surface area contributed by atoms with E-state index >= 15 is 0 Å². The van der Waals surface area contributed by atoms with Gasteiger partial charge in [0.15, 0.2) is 0 Å². The lowest BCUT2D eigenvalue weighted by Gasteiger charge is -2.35. The molecule has 388 valence electrons. The van der Waals surface area contributed by atoms with Crippen molar-refractivity contribution in [1.29, 1.82) is 0 Å². The highest BCUT2D eigenvalue weighted by molar-refractivity contribution is 7.13. The number of carbonyl (C=O) groups excluding carboxylic acids is 5. The maximum atomic E-state index is 14.0. The summed E-state index contributed by atoms with van der Waals surface area (Å²) in [6.07, 6.45) is 3.46. The SMILES string of the molecule is Cc1ncsc1-c1ccc(CNC(=O)[C@@H]2C[C@@H](O)CN2C(=O)C(NC(=O)CCOCCOCCC(=O)NCCn2ncc3cc(C(=O)Nc4ccc5[nH]c(CN6CCC[C@@H]6C)nc5c4)ccc32)C(C)(C)C)cc1. The van der Waals surface area contributed by atoms with E-state index in [-0.39, 0.29) is 76.5 Å². The molecule has 0 aliphatic carbocycles. The fourth-order valence-electron chi connectivity index (χ4n) is 9.30. The van der Waals surface area contributed by atoms with Gasteiger partial charge in [-0.3, -0.25) is 33.6 Å². The van der Waals surface area contributed by atoms with Crippen LogP contribution >= 0.6 is 11.3 Å². The summed E-state index contributed by atoms with van der Waals surface area (Å²) in [6, 6.07) is 17.6. The van der Waals surface area contributed by atoms with Crippen LogP contribution in [0.1, 0.15) is 87.2 Å². The molecule has 73 heavy (non-hydrogen) atoms. The number of likely N-dealkylation sites (tertiary alicyclic amines) is 2. The smallest absolute Gasteiger partial charge is 0.255 e. The third-order valence-corrected chi connectivity index (χ3v) is 14.4. The number of fused-ring (bicyclic) bond motifs is 2. The number of β-amino-alcohol motifs (C(OH)–C–C–N with tert-alkyl or cyclic N) is 1. The molecule has 3 aromatic heterocycles. The Balaban J connectivity index is 0.694. The lowest BCUT2D eigenvalue weighted by Crippen LogP contribution is -2.57. The summed E-state index contributed by atoms with van der Waals surface area (Å²) in [6.45, 7) is 13.2. The van der Waals surface area contributed by atoms with Crippen LogP contribution < -0.4 is 21.3 Å². The van der Waals surface area contributed by atoms with Gasteiger partial charge < -0.3 is 45.7 Å². The first kappa shape index (κ1) is 52.7. The molecule has 2 saturated heterocycles. The number of aliphatic hydroxyl groups excluding tert-OH is 1. The number of nitrogens with one attached hydrogen (secondary N) is 5. The monoisotopic (exact) mass is 1020 g/mol. The summed E-state index contributed by atoms with van der Waals surface area (Å²) >= 11 is 1.57. The summed E-state index contributed by atoms with van der Waals surface area (Å²) in [4.78, 5) is 83.7. The molecule has 4 atom stereocenters. The van der Waals surface area contributed by atoms with Crippen LogP contribution in [0.25, 0.3) is 32.4 Å². The van der Waals surface area contributed by atoms with Crippen LogP contribution in [0.5, 0.6) is 0 Å². The summed E-state index contributed by atoms with van der Waals surface area (Å²) in [5, 5.41) is 27.5. The number of anilines is 1. The highest BCUT2D eigenvalue weighted by Gasteiger charge is 2.44. The minimum Gasteiger partial charge on any atom is -0.391 e. The average molecular weight is 1020 g/mol. The van der Waals surface area contributed by atoms with E-state index in [1.807, 2.05) is 81.7 Å². The molecule has 0 radical (unpaired) electrons. The first-order valence-corrected chi connectivity index (χ1v) is 25.9. The summed E-state index contributed by atoms with van der Waals surface area (Å²) in [5.41, 5.74) is 7.73. The Morgan fingerprint density at radius 1 is 0.945 bits per heavy atom. The van der Waals surface area contributed by atoms with Gasteiger partial charge in [-0.1, -0.05) is 45.0 Å². The number of amides is 5. The van der Waals surface area contributed by atoms with Crippen molar-refractivity contribution in [1.82, 2.24) is 50.5 Å². The highest BCUT2D eigenvalue weighted by Crippen LogP contribution is 2.29. The maximum Gasteiger partial charge on any atom is 0.255 e. The third kappa shape index (κ3) is 13.7. The summed E-state index contributed by atoms with van der Waals surface area (Å²) in [7, 11) is 0. The highest BCUT2D eigenvalue weighted by atomic mass is 32.1. The van der Waals surface area contributed by atoms with Gasteiger partial charge in [0.25, 0.3) is 5.91 Å². The molecule has 20 heteroatoms. The third-order valence-electron chi connectivity index (χ3n) is 13.4. The van der Waals surface area contributed by atoms with Gasteiger partial charge >= 0.3 is 0 Å².